The Morgan fingerprint density at radius 2 is 2.29 bits per heavy atom. The number of urea groups is 1. The molecule has 0 aliphatic carbocycles. The molecule has 0 saturated carbocycles. The number of amides is 2. The molecule has 0 bridgehead atoms. The first-order chi connectivity index (χ1) is 8.24. The Kier molecular flexibility index (Phi) is 3.47. The second kappa shape index (κ2) is 5.04. The first kappa shape index (κ1) is 11.7. The summed E-state index contributed by atoms with van der Waals surface area (Å²) in [5, 5.41) is 2.80. The number of benzene rings is 1. The van der Waals surface area contributed by atoms with Crippen LogP contribution >= 0.6 is 0 Å². The molecule has 1 N–H and O–H groups in total. The van der Waals surface area contributed by atoms with Crippen LogP contribution in [0.4, 0.5) is 10.5 Å². The zero-order valence-corrected chi connectivity index (χ0v) is 10.3. The van der Waals surface area contributed by atoms with Gasteiger partial charge in [-0.05, 0) is 31.4 Å². The zero-order valence-electron chi connectivity index (χ0n) is 10.3. The summed E-state index contributed by atoms with van der Waals surface area (Å²) >= 11 is 0. The van der Waals surface area contributed by atoms with Crippen LogP contribution in [0.2, 0.25) is 0 Å². The average molecular weight is 230 g/mol. The largest absolute Gasteiger partial charge is 0.326 e. The van der Waals surface area contributed by atoms with Gasteiger partial charge in [-0.2, -0.15) is 0 Å². The standard InChI is InChI=1S/C14H18N2O/c1-3-4-9-15-14(17)16-11(2)10-12-7-5-6-8-13(12)16/h4-9,11H,3,10H2,1-2H3,(H,15,17)/b9-4+. The second-order valence-electron chi connectivity index (χ2n) is 4.31. The monoisotopic (exact) mass is 230 g/mol. The van der Waals surface area contributed by atoms with Gasteiger partial charge in [-0.15, -0.1) is 0 Å². The smallest absolute Gasteiger partial charge is 0.315 e. The van der Waals surface area contributed by atoms with Crippen molar-refractivity contribution < 1.29 is 4.79 Å². The lowest BCUT2D eigenvalue weighted by Crippen LogP contribution is -2.41. The molecule has 17 heavy (non-hydrogen) atoms. The van der Waals surface area contributed by atoms with E-state index in [4.69, 9.17) is 0 Å². The van der Waals surface area contributed by atoms with E-state index in [2.05, 4.69) is 18.3 Å². The topological polar surface area (TPSA) is 32.3 Å². The molecule has 2 amide bonds. The van der Waals surface area contributed by atoms with Crippen LogP contribution < -0.4 is 10.2 Å². The Balaban J connectivity index is 2.16. The van der Waals surface area contributed by atoms with Crippen LogP contribution in [0.15, 0.2) is 36.5 Å². The molecule has 2 rings (SSSR count). The summed E-state index contributed by atoms with van der Waals surface area (Å²) < 4.78 is 0. The third-order valence-electron chi connectivity index (χ3n) is 2.99. The van der Waals surface area contributed by atoms with E-state index in [1.807, 2.05) is 36.1 Å². The number of nitrogens with one attached hydrogen (secondary N) is 1. The molecule has 1 aliphatic rings. The summed E-state index contributed by atoms with van der Waals surface area (Å²) in [5.74, 6) is 0. The summed E-state index contributed by atoms with van der Waals surface area (Å²) in [6, 6.07) is 8.25. The first-order valence-corrected chi connectivity index (χ1v) is 6.06. The predicted octanol–water partition coefficient (Wildman–Crippen LogP) is 3.07. The molecule has 0 radical (unpaired) electrons. The molecule has 1 aromatic rings. The van der Waals surface area contributed by atoms with E-state index in [9.17, 15) is 4.79 Å². The van der Waals surface area contributed by atoms with E-state index in [0.29, 0.717) is 0 Å². The van der Waals surface area contributed by atoms with Crippen molar-refractivity contribution in [3.8, 4) is 0 Å². The quantitative estimate of drug-likeness (QED) is 0.832. The molecule has 1 aliphatic heterocycles. The van der Waals surface area contributed by atoms with Crippen molar-refractivity contribution in [3.05, 3.63) is 42.1 Å². The van der Waals surface area contributed by atoms with E-state index < -0.39 is 0 Å². The molecule has 0 aromatic heterocycles. The fourth-order valence-corrected chi connectivity index (χ4v) is 2.19. The van der Waals surface area contributed by atoms with Crippen LogP contribution in [0.3, 0.4) is 0 Å². The van der Waals surface area contributed by atoms with Crippen LogP contribution in [0.1, 0.15) is 25.8 Å². The maximum absolute atomic E-state index is 12.1. The first-order valence-electron chi connectivity index (χ1n) is 6.06. The maximum Gasteiger partial charge on any atom is 0.326 e. The van der Waals surface area contributed by atoms with Gasteiger partial charge in [0.05, 0.1) is 0 Å². The number of hydrogen-bond donors (Lipinski definition) is 1. The van der Waals surface area contributed by atoms with Gasteiger partial charge in [0.15, 0.2) is 0 Å². The summed E-state index contributed by atoms with van der Waals surface area (Å²) in [6.07, 6.45) is 5.51. The van der Waals surface area contributed by atoms with Gasteiger partial charge >= 0.3 is 6.03 Å². The Morgan fingerprint density at radius 3 is 3.06 bits per heavy atom. The van der Waals surface area contributed by atoms with E-state index in [1.165, 1.54) is 5.56 Å². The van der Waals surface area contributed by atoms with Crippen LogP contribution in [-0.2, 0) is 6.42 Å². The highest BCUT2D eigenvalue weighted by atomic mass is 16.2. The predicted molar refractivity (Wildman–Crippen MR) is 70.0 cm³/mol. The number of allylic oxidation sites excluding steroid dienone is 1. The molecule has 0 spiro atoms. The molecule has 1 unspecified atom stereocenters. The molecule has 0 saturated heterocycles. The number of carbonyl (C=O) groups is 1. The van der Waals surface area contributed by atoms with Crippen molar-refractivity contribution in [1.82, 2.24) is 5.32 Å². The highest BCUT2D eigenvalue weighted by Crippen LogP contribution is 2.31. The molecule has 3 heteroatoms. The molecule has 90 valence electrons. The van der Waals surface area contributed by atoms with Gasteiger partial charge in [-0.3, -0.25) is 4.90 Å². The zero-order chi connectivity index (χ0) is 12.3. The van der Waals surface area contributed by atoms with Gasteiger partial charge in [0.25, 0.3) is 0 Å². The number of fused-ring (bicyclic) bond motifs is 1. The normalized spacial score (nSPS) is 18.5. The van der Waals surface area contributed by atoms with Crippen molar-refractivity contribution in [2.24, 2.45) is 0 Å². The molecule has 1 atom stereocenters. The Morgan fingerprint density at radius 1 is 1.53 bits per heavy atom. The molecule has 3 nitrogen and oxygen atoms in total. The van der Waals surface area contributed by atoms with E-state index in [-0.39, 0.29) is 12.1 Å². The number of para-hydroxylation sites is 1. The third-order valence-corrected chi connectivity index (χ3v) is 2.99. The summed E-state index contributed by atoms with van der Waals surface area (Å²) in [4.78, 5) is 13.9. The summed E-state index contributed by atoms with van der Waals surface area (Å²) in [6.45, 7) is 4.11. The number of rotatable bonds is 2. The number of carbonyl (C=O) groups excluding carboxylic acids is 1. The Hall–Kier alpha value is -1.77. The number of nitrogens with zero attached hydrogens (tertiary/aromatic N) is 1. The highest BCUT2D eigenvalue weighted by Gasteiger charge is 2.29. The minimum atomic E-state index is -0.0489. The van der Waals surface area contributed by atoms with E-state index >= 15 is 0 Å². The lowest BCUT2D eigenvalue weighted by atomic mass is 10.1. The van der Waals surface area contributed by atoms with Crippen LogP contribution in [0.5, 0.6) is 0 Å². The maximum atomic E-state index is 12.1. The highest BCUT2D eigenvalue weighted by molar-refractivity contribution is 5.95. The summed E-state index contributed by atoms with van der Waals surface area (Å²) in [7, 11) is 0. The Labute approximate surface area is 102 Å². The SMILES string of the molecule is CC/C=C/NC(=O)N1c2ccccc2CC1C. The lowest BCUT2D eigenvalue weighted by Gasteiger charge is -2.22. The Bertz CT molecular complexity index is 440. The minimum Gasteiger partial charge on any atom is -0.315 e. The van der Waals surface area contributed by atoms with Crippen LogP contribution in [0.25, 0.3) is 0 Å². The van der Waals surface area contributed by atoms with Gasteiger partial charge in [-0.25, -0.2) is 4.79 Å². The van der Waals surface area contributed by atoms with Gasteiger partial charge < -0.3 is 5.32 Å². The van der Waals surface area contributed by atoms with Gasteiger partial charge in [0, 0.05) is 17.9 Å². The van der Waals surface area contributed by atoms with Crippen molar-refractivity contribution in [2.75, 3.05) is 4.90 Å². The number of hydrogen-bond acceptors (Lipinski definition) is 1. The minimum absolute atomic E-state index is 0.0489. The second-order valence-corrected chi connectivity index (χ2v) is 4.31. The van der Waals surface area contributed by atoms with Crippen LogP contribution in [-0.4, -0.2) is 12.1 Å². The van der Waals surface area contributed by atoms with Gasteiger partial charge in [0.1, 0.15) is 0 Å². The van der Waals surface area contributed by atoms with Crippen molar-refractivity contribution >= 4 is 11.7 Å². The average Bonchev–Trinajstić information content (AvgIpc) is 2.65. The molecular weight excluding hydrogens is 212 g/mol. The van der Waals surface area contributed by atoms with Gasteiger partial charge in [0.2, 0.25) is 0 Å². The number of anilines is 1. The van der Waals surface area contributed by atoms with Crippen molar-refractivity contribution in [3.63, 3.8) is 0 Å². The van der Waals surface area contributed by atoms with Crippen molar-refractivity contribution in [1.29, 1.82) is 0 Å². The summed E-state index contributed by atoms with van der Waals surface area (Å²) in [5.41, 5.74) is 2.28. The van der Waals surface area contributed by atoms with Crippen LogP contribution in [0, 0.1) is 0 Å². The fraction of sp³-hybridized carbons (Fsp3) is 0.357. The molecule has 1 heterocycles. The fourth-order valence-electron chi connectivity index (χ4n) is 2.19. The molecule has 0 fully saturated rings. The molecular formula is C14H18N2O. The van der Waals surface area contributed by atoms with Gasteiger partial charge in [-0.1, -0.05) is 31.2 Å². The molecule has 1 aromatic carbocycles. The third kappa shape index (κ3) is 2.33. The van der Waals surface area contributed by atoms with E-state index in [1.54, 1.807) is 6.20 Å². The van der Waals surface area contributed by atoms with Crippen molar-refractivity contribution in [2.45, 2.75) is 32.7 Å². The lowest BCUT2D eigenvalue weighted by molar-refractivity contribution is 0.248. The van der Waals surface area contributed by atoms with E-state index in [0.717, 1.165) is 18.5 Å².